The highest BCUT2D eigenvalue weighted by Gasteiger charge is 2.27. The summed E-state index contributed by atoms with van der Waals surface area (Å²) in [6.07, 6.45) is 2.16. The average Bonchev–Trinajstić information content (AvgIpc) is 2.82. The first-order chi connectivity index (χ1) is 8.16. The number of hydrogen-bond acceptors (Lipinski definition) is 4. The van der Waals surface area contributed by atoms with Crippen molar-refractivity contribution < 1.29 is 15.0 Å². The summed E-state index contributed by atoms with van der Waals surface area (Å²) in [4.78, 5) is 13.4. The number of amides is 1. The molecule has 2 atom stereocenters. The first-order valence-corrected chi connectivity index (χ1v) is 6.46. The number of carbonyl (C=O) groups excluding carboxylic acids is 1. The SMILES string of the molecule is O=C(/C=C/c1ccsc1)N1CC[C@@H](O)[C@@H](O)C1. The first kappa shape index (κ1) is 12.3. The van der Waals surface area contributed by atoms with E-state index in [1.807, 2.05) is 16.8 Å². The molecule has 2 rings (SSSR count). The zero-order valence-electron chi connectivity index (χ0n) is 9.32. The summed E-state index contributed by atoms with van der Waals surface area (Å²) in [5.74, 6) is -0.123. The summed E-state index contributed by atoms with van der Waals surface area (Å²) in [5.41, 5.74) is 1.00. The van der Waals surface area contributed by atoms with E-state index in [9.17, 15) is 15.0 Å². The van der Waals surface area contributed by atoms with E-state index in [2.05, 4.69) is 0 Å². The number of aliphatic hydroxyl groups excluding tert-OH is 2. The highest BCUT2D eigenvalue weighted by atomic mass is 32.1. The molecule has 0 aromatic carbocycles. The highest BCUT2D eigenvalue weighted by molar-refractivity contribution is 7.08. The van der Waals surface area contributed by atoms with E-state index >= 15 is 0 Å². The Morgan fingerprint density at radius 2 is 2.29 bits per heavy atom. The second-order valence-electron chi connectivity index (χ2n) is 4.10. The molecule has 92 valence electrons. The number of thiophene rings is 1. The van der Waals surface area contributed by atoms with Gasteiger partial charge in [-0.3, -0.25) is 4.79 Å². The lowest BCUT2D eigenvalue weighted by atomic mass is 10.1. The molecule has 2 heterocycles. The molecular formula is C12H15NO3S. The van der Waals surface area contributed by atoms with Crippen LogP contribution in [0.1, 0.15) is 12.0 Å². The topological polar surface area (TPSA) is 60.8 Å². The molecule has 0 saturated carbocycles. The van der Waals surface area contributed by atoms with Gasteiger partial charge >= 0.3 is 0 Å². The van der Waals surface area contributed by atoms with Gasteiger partial charge in [-0.2, -0.15) is 11.3 Å². The van der Waals surface area contributed by atoms with Crippen LogP contribution in [0.25, 0.3) is 6.08 Å². The summed E-state index contributed by atoms with van der Waals surface area (Å²) in [5, 5.41) is 22.7. The van der Waals surface area contributed by atoms with Crippen LogP contribution in [0.2, 0.25) is 0 Å². The minimum Gasteiger partial charge on any atom is -0.390 e. The van der Waals surface area contributed by atoms with Crippen LogP contribution in [-0.2, 0) is 4.79 Å². The molecule has 4 nitrogen and oxygen atoms in total. The van der Waals surface area contributed by atoms with E-state index in [1.54, 1.807) is 22.3 Å². The Morgan fingerprint density at radius 3 is 2.94 bits per heavy atom. The number of aliphatic hydroxyl groups is 2. The molecule has 5 heteroatoms. The van der Waals surface area contributed by atoms with Gasteiger partial charge in [0.1, 0.15) is 0 Å². The van der Waals surface area contributed by atoms with Gasteiger partial charge in [0.2, 0.25) is 5.91 Å². The molecular weight excluding hydrogens is 238 g/mol. The van der Waals surface area contributed by atoms with E-state index in [-0.39, 0.29) is 12.5 Å². The molecule has 0 aliphatic carbocycles. The monoisotopic (exact) mass is 253 g/mol. The predicted molar refractivity (Wildman–Crippen MR) is 66.6 cm³/mol. The maximum atomic E-state index is 11.8. The summed E-state index contributed by atoms with van der Waals surface area (Å²) in [6.45, 7) is 0.693. The standard InChI is InChI=1S/C12H15NO3S/c14-10-3-5-13(7-11(10)15)12(16)2-1-9-4-6-17-8-9/h1-2,4,6,8,10-11,14-15H,3,5,7H2/b2-1+/t10-,11+/m1/s1. The van der Waals surface area contributed by atoms with E-state index in [1.165, 1.54) is 6.08 Å². The van der Waals surface area contributed by atoms with Crippen molar-refractivity contribution in [2.75, 3.05) is 13.1 Å². The smallest absolute Gasteiger partial charge is 0.246 e. The molecule has 1 saturated heterocycles. The summed E-state index contributed by atoms with van der Waals surface area (Å²) < 4.78 is 0. The van der Waals surface area contributed by atoms with E-state index in [0.717, 1.165) is 5.56 Å². The predicted octanol–water partition coefficient (Wildman–Crippen LogP) is 0.715. The van der Waals surface area contributed by atoms with Crippen LogP contribution in [0.4, 0.5) is 0 Å². The number of likely N-dealkylation sites (tertiary alicyclic amines) is 1. The van der Waals surface area contributed by atoms with Gasteiger partial charge in [-0.05, 0) is 34.9 Å². The number of β-amino-alcohol motifs (C(OH)–C–C–N with tert-alkyl or cyclic N) is 1. The van der Waals surface area contributed by atoms with Gasteiger partial charge in [0, 0.05) is 19.2 Å². The normalized spacial score (nSPS) is 25.4. The maximum Gasteiger partial charge on any atom is 0.246 e. The molecule has 1 aromatic rings. The second-order valence-corrected chi connectivity index (χ2v) is 4.88. The van der Waals surface area contributed by atoms with Crippen LogP contribution < -0.4 is 0 Å². The van der Waals surface area contributed by atoms with Crippen LogP contribution in [0.3, 0.4) is 0 Å². The van der Waals surface area contributed by atoms with Crippen molar-refractivity contribution in [2.24, 2.45) is 0 Å². The third-order valence-electron chi connectivity index (χ3n) is 2.82. The van der Waals surface area contributed by atoms with Crippen molar-refractivity contribution in [1.82, 2.24) is 4.90 Å². The zero-order valence-corrected chi connectivity index (χ0v) is 10.1. The molecule has 1 aliphatic rings. The largest absolute Gasteiger partial charge is 0.390 e. The van der Waals surface area contributed by atoms with Crippen LogP contribution in [-0.4, -0.2) is 46.3 Å². The van der Waals surface area contributed by atoms with Gasteiger partial charge < -0.3 is 15.1 Å². The van der Waals surface area contributed by atoms with Crippen molar-refractivity contribution in [2.45, 2.75) is 18.6 Å². The minimum absolute atomic E-state index is 0.123. The molecule has 17 heavy (non-hydrogen) atoms. The van der Waals surface area contributed by atoms with E-state index < -0.39 is 12.2 Å². The third kappa shape index (κ3) is 3.15. The Labute approximate surface area is 104 Å². The van der Waals surface area contributed by atoms with Crippen molar-refractivity contribution in [1.29, 1.82) is 0 Å². The Bertz CT molecular complexity index is 402. The number of carbonyl (C=O) groups is 1. The summed E-state index contributed by atoms with van der Waals surface area (Å²) in [7, 11) is 0. The summed E-state index contributed by atoms with van der Waals surface area (Å²) >= 11 is 1.58. The molecule has 1 fully saturated rings. The number of hydrogen-bond donors (Lipinski definition) is 2. The third-order valence-corrected chi connectivity index (χ3v) is 3.52. The van der Waals surface area contributed by atoms with Gasteiger partial charge in [-0.1, -0.05) is 0 Å². The molecule has 1 amide bonds. The average molecular weight is 253 g/mol. The molecule has 1 aliphatic heterocycles. The zero-order chi connectivity index (χ0) is 12.3. The fraction of sp³-hybridized carbons (Fsp3) is 0.417. The molecule has 0 bridgehead atoms. The Morgan fingerprint density at radius 1 is 1.47 bits per heavy atom. The molecule has 2 N–H and O–H groups in total. The highest BCUT2D eigenvalue weighted by Crippen LogP contribution is 2.12. The second kappa shape index (κ2) is 5.44. The van der Waals surface area contributed by atoms with Crippen LogP contribution >= 0.6 is 11.3 Å². The molecule has 0 radical (unpaired) electrons. The van der Waals surface area contributed by atoms with Gasteiger partial charge in [0.15, 0.2) is 0 Å². The van der Waals surface area contributed by atoms with Crippen molar-refractivity contribution in [3.63, 3.8) is 0 Å². The Balaban J connectivity index is 1.92. The lowest BCUT2D eigenvalue weighted by molar-refractivity contribution is -0.132. The first-order valence-electron chi connectivity index (χ1n) is 5.52. The van der Waals surface area contributed by atoms with Crippen molar-refractivity contribution in [3.05, 3.63) is 28.5 Å². The van der Waals surface area contributed by atoms with E-state index in [0.29, 0.717) is 13.0 Å². The Kier molecular flexibility index (Phi) is 3.93. The quantitative estimate of drug-likeness (QED) is 0.763. The van der Waals surface area contributed by atoms with Gasteiger partial charge in [-0.15, -0.1) is 0 Å². The number of nitrogens with zero attached hydrogens (tertiary/aromatic N) is 1. The lowest BCUT2D eigenvalue weighted by Crippen LogP contribution is -2.48. The molecule has 0 unspecified atom stereocenters. The van der Waals surface area contributed by atoms with Crippen molar-refractivity contribution in [3.8, 4) is 0 Å². The van der Waals surface area contributed by atoms with Gasteiger partial charge in [0.25, 0.3) is 0 Å². The van der Waals surface area contributed by atoms with Crippen LogP contribution in [0, 0.1) is 0 Å². The number of piperidine rings is 1. The molecule has 0 spiro atoms. The van der Waals surface area contributed by atoms with Crippen LogP contribution in [0.15, 0.2) is 22.9 Å². The van der Waals surface area contributed by atoms with Crippen molar-refractivity contribution >= 4 is 23.3 Å². The van der Waals surface area contributed by atoms with E-state index in [4.69, 9.17) is 0 Å². The van der Waals surface area contributed by atoms with Gasteiger partial charge in [-0.25, -0.2) is 0 Å². The van der Waals surface area contributed by atoms with Gasteiger partial charge in [0.05, 0.1) is 12.2 Å². The fourth-order valence-electron chi connectivity index (χ4n) is 1.76. The lowest BCUT2D eigenvalue weighted by Gasteiger charge is -2.32. The minimum atomic E-state index is -0.831. The van der Waals surface area contributed by atoms with Crippen LogP contribution in [0.5, 0.6) is 0 Å². The number of rotatable bonds is 2. The Hall–Kier alpha value is -1.17. The summed E-state index contributed by atoms with van der Waals surface area (Å²) in [6, 6.07) is 1.93. The molecule has 1 aromatic heterocycles. The fourth-order valence-corrected chi connectivity index (χ4v) is 2.39. The maximum absolute atomic E-state index is 11.8.